The van der Waals surface area contributed by atoms with Crippen LogP contribution < -0.4 is 4.90 Å². The van der Waals surface area contributed by atoms with E-state index in [0.717, 1.165) is 56.8 Å². The lowest BCUT2D eigenvalue weighted by Crippen LogP contribution is -2.37. The first-order valence-electron chi connectivity index (χ1n) is 11.3. The highest BCUT2D eigenvalue weighted by Crippen LogP contribution is 2.44. The van der Waals surface area contributed by atoms with Crippen molar-refractivity contribution in [3.63, 3.8) is 0 Å². The molecule has 1 aliphatic rings. The van der Waals surface area contributed by atoms with Gasteiger partial charge in [-0.05, 0) is 50.5 Å². The minimum atomic E-state index is -0.548. The number of aromatic nitrogens is 3. The van der Waals surface area contributed by atoms with Crippen molar-refractivity contribution in [3.8, 4) is 11.3 Å². The highest BCUT2D eigenvalue weighted by atomic mass is 32.2. The quantitative estimate of drug-likeness (QED) is 0.293. The van der Waals surface area contributed by atoms with Gasteiger partial charge in [0.1, 0.15) is 4.83 Å². The Balaban J connectivity index is 1.79. The van der Waals surface area contributed by atoms with Crippen molar-refractivity contribution in [2.45, 2.75) is 50.5 Å². The number of aryl methyl sites for hydroxylation is 1. The zero-order valence-corrected chi connectivity index (χ0v) is 20.7. The van der Waals surface area contributed by atoms with Gasteiger partial charge in [-0.1, -0.05) is 42.1 Å². The van der Waals surface area contributed by atoms with Crippen molar-refractivity contribution in [3.05, 3.63) is 41.5 Å². The van der Waals surface area contributed by atoms with Gasteiger partial charge < -0.3 is 15.1 Å². The van der Waals surface area contributed by atoms with E-state index in [1.165, 1.54) is 22.9 Å². The predicted molar refractivity (Wildman–Crippen MR) is 138 cm³/mol. The van der Waals surface area contributed by atoms with Crippen molar-refractivity contribution < 1.29 is 10.2 Å². The van der Waals surface area contributed by atoms with Crippen molar-refractivity contribution in [2.75, 3.05) is 24.2 Å². The number of pyridine rings is 1. The molecule has 0 bridgehead atoms. The second-order valence-corrected chi connectivity index (χ2v) is 10.5. The molecule has 0 radical (unpaired) electrons. The third kappa shape index (κ3) is 4.21. The Bertz CT molecular complexity index is 1290. The van der Waals surface area contributed by atoms with E-state index in [0.29, 0.717) is 18.2 Å². The van der Waals surface area contributed by atoms with Gasteiger partial charge in [0.25, 0.3) is 0 Å². The Morgan fingerprint density at radius 2 is 1.70 bits per heavy atom. The summed E-state index contributed by atoms with van der Waals surface area (Å²) in [7, 11) is 0. The first-order valence-corrected chi connectivity index (χ1v) is 13.4. The Morgan fingerprint density at radius 3 is 2.36 bits per heavy atom. The van der Waals surface area contributed by atoms with E-state index in [9.17, 15) is 10.2 Å². The van der Waals surface area contributed by atoms with Gasteiger partial charge in [-0.2, -0.15) is 0 Å². The molecule has 0 fully saturated rings. The normalized spacial score (nSPS) is 15.2. The van der Waals surface area contributed by atoms with Crippen LogP contribution in [0.5, 0.6) is 0 Å². The van der Waals surface area contributed by atoms with Crippen molar-refractivity contribution in [2.24, 2.45) is 0 Å². The Kier molecular flexibility index (Phi) is 6.26. The van der Waals surface area contributed by atoms with E-state index >= 15 is 0 Å². The number of hydrogen-bond acceptors (Lipinski definition) is 8. The van der Waals surface area contributed by atoms with E-state index in [1.807, 2.05) is 17.2 Å². The summed E-state index contributed by atoms with van der Waals surface area (Å²) in [5, 5.41) is 22.1. The molecule has 0 unspecified atom stereocenters. The van der Waals surface area contributed by atoms with Crippen molar-refractivity contribution >= 4 is 49.3 Å². The molecule has 3 heterocycles. The second kappa shape index (κ2) is 9.18. The summed E-state index contributed by atoms with van der Waals surface area (Å²) >= 11 is 3.12. The Hall–Kier alpha value is -2.26. The molecule has 4 aromatic rings. The monoisotopic (exact) mass is 480 g/mol. The van der Waals surface area contributed by atoms with E-state index in [1.54, 1.807) is 25.2 Å². The van der Waals surface area contributed by atoms with E-state index in [2.05, 4.69) is 24.3 Å². The summed E-state index contributed by atoms with van der Waals surface area (Å²) in [6, 6.07) is 10.4. The third-order valence-corrected chi connectivity index (χ3v) is 7.61. The molecule has 1 aromatic carbocycles. The number of aliphatic hydroxyl groups is 2. The molecule has 0 amide bonds. The van der Waals surface area contributed by atoms with Crippen LogP contribution in [0, 0.1) is 0 Å². The van der Waals surface area contributed by atoms with Crippen LogP contribution in [0.3, 0.4) is 0 Å². The van der Waals surface area contributed by atoms with E-state index < -0.39 is 12.2 Å². The summed E-state index contributed by atoms with van der Waals surface area (Å²) in [5.41, 5.74) is 5.86. The number of rotatable bonds is 7. The number of hydrogen-bond donors (Lipinski definition) is 2. The van der Waals surface area contributed by atoms with Crippen LogP contribution >= 0.6 is 23.1 Å². The molecule has 8 heteroatoms. The lowest BCUT2D eigenvalue weighted by atomic mass is 10.0. The van der Waals surface area contributed by atoms with Gasteiger partial charge in [0.15, 0.2) is 11.0 Å². The number of nitrogens with zero attached hydrogens (tertiary/aromatic N) is 4. The molecule has 33 heavy (non-hydrogen) atoms. The van der Waals surface area contributed by atoms with Crippen molar-refractivity contribution in [1.29, 1.82) is 0 Å². The topological polar surface area (TPSA) is 82.4 Å². The van der Waals surface area contributed by atoms with Crippen molar-refractivity contribution in [1.82, 2.24) is 15.0 Å². The van der Waals surface area contributed by atoms with Crippen LogP contribution in [0.1, 0.15) is 31.4 Å². The number of thioether (sulfide) groups is 1. The van der Waals surface area contributed by atoms with Crippen LogP contribution in [-0.2, 0) is 12.8 Å². The maximum absolute atomic E-state index is 10.1. The number of thiophene rings is 1. The zero-order chi connectivity index (χ0) is 23.1. The van der Waals surface area contributed by atoms with Gasteiger partial charge in [-0.15, -0.1) is 11.3 Å². The van der Waals surface area contributed by atoms with Gasteiger partial charge in [-0.3, -0.25) is 0 Å². The summed E-state index contributed by atoms with van der Waals surface area (Å²) in [4.78, 5) is 17.9. The Morgan fingerprint density at radius 1 is 1.00 bits per heavy atom. The van der Waals surface area contributed by atoms with Crippen LogP contribution in [0.15, 0.2) is 35.5 Å². The highest BCUT2D eigenvalue weighted by molar-refractivity contribution is 7.98. The fourth-order valence-electron chi connectivity index (χ4n) is 4.76. The molecule has 2 atom stereocenters. The molecule has 6 nitrogen and oxygen atoms in total. The zero-order valence-electron chi connectivity index (χ0n) is 19.1. The molecule has 2 N–H and O–H groups in total. The molecule has 1 aliphatic carbocycles. The van der Waals surface area contributed by atoms with Crippen LogP contribution in [0.25, 0.3) is 31.7 Å². The average molecular weight is 481 g/mol. The van der Waals surface area contributed by atoms with E-state index in [-0.39, 0.29) is 0 Å². The third-order valence-electron chi connectivity index (χ3n) is 5.99. The molecule has 3 aromatic heterocycles. The first-order chi connectivity index (χ1) is 16.0. The SMILES string of the molecule is CSc1nc(N(C[C@H](C)O)C[C@@H](C)O)c2sc3nc(-c4ccccc4)c4c(c3c2n1)CCC4. The summed E-state index contributed by atoms with van der Waals surface area (Å²) < 4.78 is 0.968. The van der Waals surface area contributed by atoms with Gasteiger partial charge in [0, 0.05) is 24.0 Å². The highest BCUT2D eigenvalue weighted by Gasteiger charge is 2.27. The smallest absolute Gasteiger partial charge is 0.189 e. The minimum absolute atomic E-state index is 0.389. The molecular weight excluding hydrogens is 452 g/mol. The number of aliphatic hydroxyl groups excluding tert-OH is 2. The molecule has 0 aliphatic heterocycles. The van der Waals surface area contributed by atoms with Crippen LogP contribution in [0.2, 0.25) is 0 Å². The summed E-state index contributed by atoms with van der Waals surface area (Å²) in [6.07, 6.45) is 4.06. The predicted octanol–water partition coefficient (Wildman–Crippen LogP) is 4.69. The molecule has 0 spiro atoms. The van der Waals surface area contributed by atoms with Crippen LogP contribution in [-0.4, -0.2) is 56.7 Å². The fraction of sp³-hybridized carbons (Fsp3) is 0.400. The van der Waals surface area contributed by atoms with E-state index in [4.69, 9.17) is 15.0 Å². The maximum Gasteiger partial charge on any atom is 0.189 e. The van der Waals surface area contributed by atoms with Crippen LogP contribution in [0.4, 0.5) is 5.82 Å². The summed E-state index contributed by atoms with van der Waals surface area (Å²) in [6.45, 7) is 4.29. The number of benzene rings is 1. The van der Waals surface area contributed by atoms with Gasteiger partial charge >= 0.3 is 0 Å². The Labute approximate surface area is 201 Å². The number of anilines is 1. The molecule has 5 rings (SSSR count). The number of fused-ring (bicyclic) bond motifs is 5. The fourth-order valence-corrected chi connectivity index (χ4v) is 6.28. The lowest BCUT2D eigenvalue weighted by molar-refractivity contribution is 0.178. The minimum Gasteiger partial charge on any atom is -0.392 e. The molecule has 0 saturated heterocycles. The van der Waals surface area contributed by atoms with Gasteiger partial charge in [0.05, 0.1) is 28.1 Å². The van der Waals surface area contributed by atoms with Gasteiger partial charge in [-0.25, -0.2) is 15.0 Å². The van der Waals surface area contributed by atoms with Gasteiger partial charge in [0.2, 0.25) is 0 Å². The summed E-state index contributed by atoms with van der Waals surface area (Å²) in [5.74, 6) is 0.766. The molecular formula is C25H28N4O2S2. The maximum atomic E-state index is 10.1. The molecule has 0 saturated carbocycles. The molecule has 172 valence electrons. The standard InChI is InChI=1S/C25H28N4O2S2/c1-14(30)12-29(13-15(2)31)23-22-21(27-25(28-23)32-3)19-17-10-7-11-18(17)20(26-24(19)33-22)16-8-5-4-6-9-16/h4-6,8-9,14-15,30-31H,7,10-13H2,1-3H3/t14-,15+. The largest absolute Gasteiger partial charge is 0.392 e. The second-order valence-electron chi connectivity index (χ2n) is 8.73. The average Bonchev–Trinajstić information content (AvgIpc) is 3.41. The lowest BCUT2D eigenvalue weighted by Gasteiger charge is -2.27. The first kappa shape index (κ1) is 22.5.